The predicted octanol–water partition coefficient (Wildman–Crippen LogP) is 5.07. The molecule has 4 rings (SSSR count). The maximum absolute atomic E-state index is 12.7. The number of carbonyl (C=O) groups excluding carboxylic acids is 1. The molecule has 28 heavy (non-hydrogen) atoms. The highest BCUT2D eigenvalue weighted by molar-refractivity contribution is 7.13. The predicted molar refractivity (Wildman–Crippen MR) is 115 cm³/mol. The van der Waals surface area contributed by atoms with Gasteiger partial charge in [0.15, 0.2) is 0 Å². The van der Waals surface area contributed by atoms with Gasteiger partial charge in [-0.05, 0) is 24.3 Å². The topological polar surface area (TPSA) is 36.4 Å². The first-order chi connectivity index (χ1) is 13.6. The highest BCUT2D eigenvalue weighted by Gasteiger charge is 2.23. The van der Waals surface area contributed by atoms with E-state index in [1.165, 1.54) is 0 Å². The molecule has 4 nitrogen and oxygen atoms in total. The average molecular weight is 432 g/mol. The van der Waals surface area contributed by atoms with E-state index in [4.69, 9.17) is 28.2 Å². The summed E-state index contributed by atoms with van der Waals surface area (Å²) >= 11 is 13.8. The Balaban J connectivity index is 1.34. The van der Waals surface area contributed by atoms with Crippen LogP contribution in [-0.4, -0.2) is 46.9 Å². The minimum absolute atomic E-state index is 0.00364. The normalized spacial score (nSPS) is 15.0. The molecule has 1 saturated heterocycles. The summed E-state index contributed by atoms with van der Waals surface area (Å²) in [6.07, 6.45) is 0. The number of aromatic nitrogens is 1. The molecule has 0 aliphatic carbocycles. The number of hydrogen-bond donors (Lipinski definition) is 0. The Bertz CT molecular complexity index is 966. The molecule has 0 unspecified atom stereocenters. The first-order valence-corrected chi connectivity index (χ1v) is 10.7. The molecule has 1 fully saturated rings. The number of hydrogen-bond acceptors (Lipinski definition) is 4. The molecule has 0 atom stereocenters. The average Bonchev–Trinajstić information content (AvgIpc) is 3.17. The van der Waals surface area contributed by atoms with Crippen molar-refractivity contribution in [2.45, 2.75) is 6.54 Å². The van der Waals surface area contributed by atoms with Gasteiger partial charge in [0, 0.05) is 48.7 Å². The maximum Gasteiger partial charge on any atom is 0.255 e. The third kappa shape index (κ3) is 4.39. The van der Waals surface area contributed by atoms with E-state index in [2.05, 4.69) is 10.3 Å². The zero-order valence-corrected chi connectivity index (χ0v) is 17.5. The molecule has 0 bridgehead atoms. The first-order valence-electron chi connectivity index (χ1n) is 9.06. The van der Waals surface area contributed by atoms with Crippen molar-refractivity contribution in [2.75, 3.05) is 26.2 Å². The van der Waals surface area contributed by atoms with Gasteiger partial charge in [0.05, 0.1) is 16.3 Å². The molecule has 1 amide bonds. The maximum atomic E-state index is 12.7. The number of nitrogens with zero attached hydrogens (tertiary/aromatic N) is 3. The van der Waals surface area contributed by atoms with Crippen LogP contribution in [-0.2, 0) is 6.54 Å². The summed E-state index contributed by atoms with van der Waals surface area (Å²) < 4.78 is 0. The molecule has 7 heteroatoms. The fourth-order valence-corrected chi connectivity index (χ4v) is 4.41. The molecule has 1 aliphatic heterocycles. The molecule has 2 aromatic carbocycles. The highest BCUT2D eigenvalue weighted by atomic mass is 35.5. The monoisotopic (exact) mass is 431 g/mol. The Morgan fingerprint density at radius 2 is 1.71 bits per heavy atom. The van der Waals surface area contributed by atoms with Crippen LogP contribution in [0.15, 0.2) is 53.9 Å². The Kier molecular flexibility index (Phi) is 5.97. The number of piperazine rings is 1. The largest absolute Gasteiger partial charge is 0.336 e. The van der Waals surface area contributed by atoms with Crippen LogP contribution in [0.1, 0.15) is 16.1 Å². The smallest absolute Gasteiger partial charge is 0.255 e. The summed E-state index contributed by atoms with van der Waals surface area (Å²) in [4.78, 5) is 21.6. The fraction of sp³-hybridized carbons (Fsp3) is 0.238. The molecule has 2 heterocycles. The van der Waals surface area contributed by atoms with E-state index >= 15 is 0 Å². The molecule has 0 radical (unpaired) electrons. The van der Waals surface area contributed by atoms with Crippen molar-refractivity contribution in [1.82, 2.24) is 14.8 Å². The van der Waals surface area contributed by atoms with Crippen LogP contribution in [0.3, 0.4) is 0 Å². The van der Waals surface area contributed by atoms with E-state index in [-0.39, 0.29) is 5.91 Å². The number of thiazole rings is 1. The Morgan fingerprint density at radius 1 is 1.00 bits per heavy atom. The molecule has 144 valence electrons. The van der Waals surface area contributed by atoms with E-state index < -0.39 is 0 Å². The summed E-state index contributed by atoms with van der Waals surface area (Å²) in [5, 5.41) is 4.33. The quantitative estimate of drug-likeness (QED) is 0.577. The Hall–Kier alpha value is -1.92. The minimum atomic E-state index is 0.00364. The number of rotatable bonds is 4. The van der Waals surface area contributed by atoms with Crippen LogP contribution in [0.2, 0.25) is 10.0 Å². The Labute approximate surface area is 178 Å². The van der Waals surface area contributed by atoms with Gasteiger partial charge in [-0.15, -0.1) is 11.3 Å². The zero-order valence-electron chi connectivity index (χ0n) is 15.1. The SMILES string of the molecule is O=C(c1ccccc1Cl)N1CCN(Cc2csc(-c3ccc(Cl)cc3)n2)CC1. The highest BCUT2D eigenvalue weighted by Crippen LogP contribution is 2.26. The third-order valence-electron chi connectivity index (χ3n) is 4.79. The van der Waals surface area contributed by atoms with Crippen molar-refractivity contribution in [3.8, 4) is 10.6 Å². The van der Waals surface area contributed by atoms with Gasteiger partial charge in [0.2, 0.25) is 0 Å². The van der Waals surface area contributed by atoms with Crippen LogP contribution in [0.4, 0.5) is 0 Å². The minimum Gasteiger partial charge on any atom is -0.336 e. The van der Waals surface area contributed by atoms with Crippen LogP contribution in [0.5, 0.6) is 0 Å². The van der Waals surface area contributed by atoms with Crippen molar-refractivity contribution in [3.63, 3.8) is 0 Å². The molecule has 0 N–H and O–H groups in total. The van der Waals surface area contributed by atoms with Gasteiger partial charge in [0.1, 0.15) is 5.01 Å². The summed E-state index contributed by atoms with van der Waals surface area (Å²) in [5.74, 6) is 0.00364. The van der Waals surface area contributed by atoms with E-state index in [1.807, 2.05) is 41.3 Å². The fourth-order valence-electron chi connectivity index (χ4n) is 3.25. The van der Waals surface area contributed by atoms with Gasteiger partial charge < -0.3 is 4.90 Å². The van der Waals surface area contributed by atoms with E-state index in [0.717, 1.165) is 40.9 Å². The molecule has 1 aromatic heterocycles. The van der Waals surface area contributed by atoms with Gasteiger partial charge >= 0.3 is 0 Å². The van der Waals surface area contributed by atoms with Crippen LogP contribution in [0.25, 0.3) is 10.6 Å². The summed E-state index contributed by atoms with van der Waals surface area (Å²) in [6.45, 7) is 3.82. The van der Waals surface area contributed by atoms with Crippen LogP contribution < -0.4 is 0 Å². The van der Waals surface area contributed by atoms with Crippen molar-refractivity contribution in [2.24, 2.45) is 0 Å². The second kappa shape index (κ2) is 8.62. The molecule has 0 saturated carbocycles. The molecule has 0 spiro atoms. The van der Waals surface area contributed by atoms with Crippen molar-refractivity contribution >= 4 is 40.4 Å². The number of halogens is 2. The summed E-state index contributed by atoms with van der Waals surface area (Å²) in [5.41, 5.74) is 2.71. The van der Waals surface area contributed by atoms with Gasteiger partial charge in [-0.25, -0.2) is 4.98 Å². The van der Waals surface area contributed by atoms with Crippen molar-refractivity contribution in [3.05, 3.63) is 75.2 Å². The lowest BCUT2D eigenvalue weighted by atomic mass is 10.2. The van der Waals surface area contributed by atoms with Gasteiger partial charge in [-0.2, -0.15) is 0 Å². The van der Waals surface area contributed by atoms with E-state index in [9.17, 15) is 4.79 Å². The molecular weight excluding hydrogens is 413 g/mol. The molecule has 3 aromatic rings. The van der Waals surface area contributed by atoms with Crippen molar-refractivity contribution in [1.29, 1.82) is 0 Å². The summed E-state index contributed by atoms with van der Waals surface area (Å²) in [7, 11) is 0. The van der Waals surface area contributed by atoms with Gasteiger partial charge in [0.25, 0.3) is 5.91 Å². The molecular formula is C21H19Cl2N3OS. The summed E-state index contributed by atoms with van der Waals surface area (Å²) in [6, 6.07) is 15.0. The van der Waals surface area contributed by atoms with Crippen LogP contribution >= 0.6 is 34.5 Å². The second-order valence-electron chi connectivity index (χ2n) is 6.70. The lowest BCUT2D eigenvalue weighted by molar-refractivity contribution is 0.0627. The van der Waals surface area contributed by atoms with Gasteiger partial charge in [-0.3, -0.25) is 9.69 Å². The van der Waals surface area contributed by atoms with E-state index in [0.29, 0.717) is 23.7 Å². The number of amides is 1. The number of carbonyl (C=O) groups is 1. The van der Waals surface area contributed by atoms with E-state index in [1.54, 1.807) is 23.5 Å². The van der Waals surface area contributed by atoms with Crippen LogP contribution in [0, 0.1) is 0 Å². The number of benzene rings is 2. The lowest BCUT2D eigenvalue weighted by Crippen LogP contribution is -2.48. The standard InChI is InChI=1S/C21H19Cl2N3OS/c22-16-7-5-15(6-8-16)20-24-17(14-28-20)13-25-9-11-26(12-10-25)21(27)18-3-1-2-4-19(18)23/h1-8,14H,9-13H2. The van der Waals surface area contributed by atoms with Gasteiger partial charge in [-0.1, -0.05) is 47.5 Å². The molecule has 1 aliphatic rings. The second-order valence-corrected chi connectivity index (χ2v) is 8.40. The lowest BCUT2D eigenvalue weighted by Gasteiger charge is -2.34. The van der Waals surface area contributed by atoms with Crippen molar-refractivity contribution < 1.29 is 4.79 Å². The first kappa shape index (κ1) is 19.4. The third-order valence-corrected chi connectivity index (χ3v) is 6.31. The Morgan fingerprint density at radius 3 is 2.43 bits per heavy atom. The zero-order chi connectivity index (χ0) is 19.5.